The Morgan fingerprint density at radius 3 is 2.93 bits per heavy atom. The largest absolute Gasteiger partial charge is 0.313 e. The average molecular weight is 281 g/mol. The van der Waals surface area contributed by atoms with Gasteiger partial charge in [-0.05, 0) is 36.7 Å². The Morgan fingerprint density at radius 2 is 2.21 bits per heavy atom. The van der Waals surface area contributed by atoms with Crippen LogP contribution in [0.1, 0.15) is 12.0 Å². The molecule has 0 aliphatic rings. The quantitative estimate of drug-likeness (QED) is 0.644. The molecule has 0 spiro atoms. The second-order valence-electron chi connectivity index (χ2n) is 2.96. The number of hydrogen-bond acceptors (Lipinski definition) is 1. The van der Waals surface area contributed by atoms with Crippen molar-refractivity contribution in [3.8, 4) is 0 Å². The lowest BCUT2D eigenvalue weighted by Gasteiger charge is -2.05. The van der Waals surface area contributed by atoms with Gasteiger partial charge in [-0.2, -0.15) is 0 Å². The van der Waals surface area contributed by atoms with Crippen LogP contribution in [0.4, 0.5) is 4.39 Å². The number of halogens is 3. The van der Waals surface area contributed by atoms with Gasteiger partial charge >= 0.3 is 0 Å². The third kappa shape index (κ3) is 3.95. The Morgan fingerprint density at radius 1 is 1.43 bits per heavy atom. The van der Waals surface area contributed by atoms with Crippen LogP contribution in [0.25, 0.3) is 0 Å². The smallest absolute Gasteiger partial charge is 0.123 e. The molecule has 0 aliphatic carbocycles. The van der Waals surface area contributed by atoms with Crippen molar-refractivity contribution in [2.45, 2.75) is 13.0 Å². The third-order valence-electron chi connectivity index (χ3n) is 1.81. The van der Waals surface area contributed by atoms with E-state index in [2.05, 4.69) is 21.2 Å². The second kappa shape index (κ2) is 6.38. The minimum absolute atomic E-state index is 0.244. The highest BCUT2D eigenvalue weighted by Crippen LogP contribution is 2.16. The van der Waals surface area contributed by atoms with E-state index >= 15 is 0 Å². The van der Waals surface area contributed by atoms with Gasteiger partial charge in [0.1, 0.15) is 5.82 Å². The summed E-state index contributed by atoms with van der Waals surface area (Å²) in [6.07, 6.45) is 1.05. The minimum atomic E-state index is -0.244. The van der Waals surface area contributed by atoms with E-state index in [9.17, 15) is 4.39 Å². The molecular weight excluding hydrogens is 268 g/mol. The molecule has 78 valence electrons. The molecular formula is C10H12BrClFN. The Kier molecular flexibility index (Phi) is 5.45. The highest BCUT2D eigenvalue weighted by Gasteiger charge is 2.00. The zero-order chi connectivity index (χ0) is 10.4. The molecule has 0 atom stereocenters. The number of benzene rings is 1. The normalized spacial score (nSPS) is 10.5. The molecule has 0 amide bonds. The third-order valence-corrected chi connectivity index (χ3v) is 2.74. The van der Waals surface area contributed by atoms with Gasteiger partial charge in [0.2, 0.25) is 0 Å². The fourth-order valence-corrected chi connectivity index (χ4v) is 1.56. The van der Waals surface area contributed by atoms with Crippen molar-refractivity contribution >= 4 is 27.5 Å². The molecule has 4 heteroatoms. The number of rotatable bonds is 5. The van der Waals surface area contributed by atoms with E-state index in [-0.39, 0.29) is 5.82 Å². The lowest BCUT2D eigenvalue weighted by atomic mass is 10.2. The van der Waals surface area contributed by atoms with Crippen LogP contribution in [0.5, 0.6) is 0 Å². The van der Waals surface area contributed by atoms with E-state index in [0.29, 0.717) is 11.6 Å². The van der Waals surface area contributed by atoms with Crippen molar-refractivity contribution in [3.05, 3.63) is 34.6 Å². The van der Waals surface area contributed by atoms with E-state index in [4.69, 9.17) is 11.6 Å². The van der Waals surface area contributed by atoms with Gasteiger partial charge in [0.05, 0.1) is 0 Å². The topological polar surface area (TPSA) is 12.0 Å². The summed E-state index contributed by atoms with van der Waals surface area (Å²) >= 11 is 9.23. The summed E-state index contributed by atoms with van der Waals surface area (Å²) in [5.41, 5.74) is 0.807. The summed E-state index contributed by atoms with van der Waals surface area (Å²) in [4.78, 5) is 0. The van der Waals surface area contributed by atoms with Gasteiger partial charge < -0.3 is 5.32 Å². The summed E-state index contributed by atoms with van der Waals surface area (Å²) < 4.78 is 12.8. The molecule has 0 fully saturated rings. The molecule has 0 radical (unpaired) electrons. The zero-order valence-electron chi connectivity index (χ0n) is 7.69. The van der Waals surface area contributed by atoms with Crippen LogP contribution >= 0.6 is 27.5 Å². The molecule has 0 heterocycles. The summed E-state index contributed by atoms with van der Waals surface area (Å²) in [6, 6.07) is 4.41. The monoisotopic (exact) mass is 279 g/mol. The van der Waals surface area contributed by atoms with Gasteiger partial charge in [0, 0.05) is 16.9 Å². The standard InChI is InChI=1S/C10H12BrClFN/c11-4-1-5-14-7-8-6-9(13)2-3-10(8)12/h2-3,6,14H,1,4-5,7H2. The van der Waals surface area contributed by atoms with Crippen LogP contribution in [0, 0.1) is 5.82 Å². The second-order valence-corrected chi connectivity index (χ2v) is 4.16. The van der Waals surface area contributed by atoms with Crippen LogP contribution in [-0.2, 0) is 6.54 Å². The number of hydrogen-bond donors (Lipinski definition) is 1. The van der Waals surface area contributed by atoms with E-state index < -0.39 is 0 Å². The molecule has 1 aromatic rings. The highest BCUT2D eigenvalue weighted by atomic mass is 79.9. The van der Waals surface area contributed by atoms with Gasteiger partial charge in [-0.3, -0.25) is 0 Å². The minimum Gasteiger partial charge on any atom is -0.313 e. The van der Waals surface area contributed by atoms with E-state index in [1.54, 1.807) is 6.07 Å². The summed E-state index contributed by atoms with van der Waals surface area (Å²) in [6.45, 7) is 1.52. The van der Waals surface area contributed by atoms with Crippen molar-refractivity contribution in [2.24, 2.45) is 0 Å². The van der Waals surface area contributed by atoms with Gasteiger partial charge in [0.25, 0.3) is 0 Å². The molecule has 0 aliphatic heterocycles. The maximum Gasteiger partial charge on any atom is 0.123 e. The van der Waals surface area contributed by atoms with Crippen molar-refractivity contribution in [3.63, 3.8) is 0 Å². The highest BCUT2D eigenvalue weighted by molar-refractivity contribution is 9.09. The van der Waals surface area contributed by atoms with Crippen LogP contribution in [0.2, 0.25) is 5.02 Å². The Balaban J connectivity index is 2.45. The Labute approximate surface area is 96.8 Å². The van der Waals surface area contributed by atoms with E-state index in [1.165, 1.54) is 12.1 Å². The first kappa shape index (κ1) is 12.0. The van der Waals surface area contributed by atoms with E-state index in [1.807, 2.05) is 0 Å². The first-order chi connectivity index (χ1) is 6.74. The molecule has 1 N–H and O–H groups in total. The maximum atomic E-state index is 12.8. The molecule has 1 nitrogen and oxygen atoms in total. The fraction of sp³-hybridized carbons (Fsp3) is 0.400. The predicted octanol–water partition coefficient (Wildman–Crippen LogP) is 3.35. The van der Waals surface area contributed by atoms with Crippen LogP contribution in [-0.4, -0.2) is 11.9 Å². The first-order valence-electron chi connectivity index (χ1n) is 4.44. The van der Waals surface area contributed by atoms with Crippen LogP contribution in [0.3, 0.4) is 0 Å². The predicted molar refractivity (Wildman–Crippen MR) is 61.5 cm³/mol. The molecule has 0 saturated heterocycles. The molecule has 0 aromatic heterocycles. The van der Waals surface area contributed by atoms with Gasteiger partial charge in [0.15, 0.2) is 0 Å². The molecule has 1 aromatic carbocycles. The first-order valence-corrected chi connectivity index (χ1v) is 5.94. The van der Waals surface area contributed by atoms with Gasteiger partial charge in [-0.15, -0.1) is 0 Å². The van der Waals surface area contributed by atoms with Gasteiger partial charge in [-0.1, -0.05) is 27.5 Å². The van der Waals surface area contributed by atoms with Crippen LogP contribution < -0.4 is 5.32 Å². The molecule has 14 heavy (non-hydrogen) atoms. The van der Waals surface area contributed by atoms with Crippen molar-refractivity contribution in [1.82, 2.24) is 5.32 Å². The van der Waals surface area contributed by atoms with Crippen molar-refractivity contribution in [2.75, 3.05) is 11.9 Å². The summed E-state index contributed by atoms with van der Waals surface area (Å²) in [5, 5.41) is 4.77. The molecule has 0 unspecified atom stereocenters. The fourth-order valence-electron chi connectivity index (χ4n) is 1.09. The maximum absolute atomic E-state index is 12.8. The Hall–Kier alpha value is -0.120. The van der Waals surface area contributed by atoms with Gasteiger partial charge in [-0.25, -0.2) is 4.39 Å². The lowest BCUT2D eigenvalue weighted by molar-refractivity contribution is 0.619. The summed E-state index contributed by atoms with van der Waals surface area (Å²) in [7, 11) is 0. The zero-order valence-corrected chi connectivity index (χ0v) is 10.0. The van der Waals surface area contributed by atoms with Crippen LogP contribution in [0.15, 0.2) is 18.2 Å². The molecule has 1 rings (SSSR count). The number of alkyl halides is 1. The molecule has 0 bridgehead atoms. The molecule has 0 saturated carbocycles. The summed E-state index contributed by atoms with van der Waals surface area (Å²) in [5.74, 6) is -0.244. The van der Waals surface area contributed by atoms with Crippen molar-refractivity contribution in [1.29, 1.82) is 0 Å². The number of nitrogens with one attached hydrogen (secondary N) is 1. The Bertz CT molecular complexity index is 293. The lowest BCUT2D eigenvalue weighted by Crippen LogP contribution is -2.15. The van der Waals surface area contributed by atoms with E-state index in [0.717, 1.165) is 23.9 Å². The SMILES string of the molecule is Fc1ccc(Cl)c(CNCCCBr)c1. The van der Waals surface area contributed by atoms with Crippen molar-refractivity contribution < 1.29 is 4.39 Å². The average Bonchev–Trinajstić information content (AvgIpc) is 2.18.